The molecule has 0 aromatic carbocycles. The molecule has 0 unspecified atom stereocenters. The average molecular weight is 291 g/mol. The smallest absolute Gasteiger partial charge is 0.130 e. The van der Waals surface area contributed by atoms with Crippen LogP contribution in [0.4, 0.5) is 5.82 Å². The summed E-state index contributed by atoms with van der Waals surface area (Å²) in [6, 6.07) is 4.11. The highest BCUT2D eigenvalue weighted by atomic mass is 15.1. The number of likely N-dealkylation sites (N-methyl/N-ethyl adjacent to an activating group) is 1. The summed E-state index contributed by atoms with van der Waals surface area (Å²) in [6.07, 6.45) is 4.99. The molecule has 1 aromatic rings. The molecular formula is C16H29N5. The fourth-order valence-electron chi connectivity index (χ4n) is 2.12. The maximum atomic E-state index is 5.43. The van der Waals surface area contributed by atoms with Crippen LogP contribution in [0.5, 0.6) is 0 Å². The van der Waals surface area contributed by atoms with E-state index in [1.807, 2.05) is 26.1 Å². The van der Waals surface area contributed by atoms with Crippen LogP contribution in [0, 0.1) is 0 Å². The molecule has 0 radical (unpaired) electrons. The lowest BCUT2D eigenvalue weighted by atomic mass is 10.2. The van der Waals surface area contributed by atoms with Crippen molar-refractivity contribution in [2.24, 2.45) is 5.73 Å². The SMILES string of the molecule is CC.CN1CCNc2ncccc2C1.NC1=CCCNC1. The first-order valence-corrected chi connectivity index (χ1v) is 7.77. The van der Waals surface area contributed by atoms with Crippen molar-refractivity contribution in [3.63, 3.8) is 0 Å². The summed E-state index contributed by atoms with van der Waals surface area (Å²) in [5.41, 5.74) is 7.70. The van der Waals surface area contributed by atoms with Gasteiger partial charge in [-0.2, -0.15) is 0 Å². The van der Waals surface area contributed by atoms with E-state index in [0.717, 1.165) is 50.7 Å². The molecule has 0 saturated carbocycles. The fourth-order valence-corrected chi connectivity index (χ4v) is 2.12. The lowest BCUT2D eigenvalue weighted by molar-refractivity contribution is 0.346. The number of hydrogen-bond donors (Lipinski definition) is 3. The van der Waals surface area contributed by atoms with Crippen molar-refractivity contribution in [1.29, 1.82) is 0 Å². The summed E-state index contributed by atoms with van der Waals surface area (Å²) >= 11 is 0. The Balaban J connectivity index is 0.000000210. The number of anilines is 1. The van der Waals surface area contributed by atoms with E-state index in [1.165, 1.54) is 5.56 Å². The van der Waals surface area contributed by atoms with Crippen molar-refractivity contribution in [3.8, 4) is 0 Å². The van der Waals surface area contributed by atoms with Gasteiger partial charge in [0.2, 0.25) is 0 Å². The molecule has 2 aliphatic heterocycles. The minimum Gasteiger partial charge on any atom is -0.401 e. The van der Waals surface area contributed by atoms with Crippen LogP contribution in [0.1, 0.15) is 25.8 Å². The van der Waals surface area contributed by atoms with E-state index in [-0.39, 0.29) is 0 Å². The van der Waals surface area contributed by atoms with E-state index in [9.17, 15) is 0 Å². The zero-order chi connectivity index (χ0) is 15.5. The molecule has 3 heterocycles. The summed E-state index contributed by atoms with van der Waals surface area (Å²) in [5.74, 6) is 1.04. The van der Waals surface area contributed by atoms with Gasteiger partial charge in [-0.3, -0.25) is 0 Å². The number of pyridine rings is 1. The molecule has 2 aliphatic rings. The monoisotopic (exact) mass is 291 g/mol. The van der Waals surface area contributed by atoms with Crippen molar-refractivity contribution >= 4 is 5.82 Å². The van der Waals surface area contributed by atoms with E-state index in [1.54, 1.807) is 0 Å². The lowest BCUT2D eigenvalue weighted by Crippen LogP contribution is -2.25. The van der Waals surface area contributed by atoms with Gasteiger partial charge in [-0.05, 0) is 26.1 Å². The van der Waals surface area contributed by atoms with E-state index >= 15 is 0 Å². The third kappa shape index (κ3) is 6.60. The summed E-state index contributed by atoms with van der Waals surface area (Å²) in [6.45, 7) is 9.02. The quantitative estimate of drug-likeness (QED) is 0.680. The van der Waals surface area contributed by atoms with E-state index < -0.39 is 0 Å². The summed E-state index contributed by atoms with van der Waals surface area (Å²) in [5, 5.41) is 6.44. The third-order valence-electron chi connectivity index (χ3n) is 3.17. The molecule has 0 spiro atoms. The van der Waals surface area contributed by atoms with Crippen molar-refractivity contribution in [2.75, 3.05) is 38.5 Å². The average Bonchev–Trinajstić information content (AvgIpc) is 2.71. The Morgan fingerprint density at radius 1 is 1.29 bits per heavy atom. The van der Waals surface area contributed by atoms with Gasteiger partial charge in [-0.15, -0.1) is 0 Å². The number of hydrogen-bond acceptors (Lipinski definition) is 5. The molecule has 0 bridgehead atoms. The van der Waals surface area contributed by atoms with E-state index in [2.05, 4.69) is 39.7 Å². The van der Waals surface area contributed by atoms with Crippen LogP contribution in [0.15, 0.2) is 30.1 Å². The van der Waals surface area contributed by atoms with Crippen LogP contribution in [0.25, 0.3) is 0 Å². The van der Waals surface area contributed by atoms with Crippen molar-refractivity contribution in [3.05, 3.63) is 35.7 Å². The number of nitrogens with one attached hydrogen (secondary N) is 2. The molecule has 0 aliphatic carbocycles. The molecule has 0 saturated heterocycles. The number of rotatable bonds is 0. The van der Waals surface area contributed by atoms with Crippen molar-refractivity contribution in [2.45, 2.75) is 26.8 Å². The summed E-state index contributed by atoms with van der Waals surface area (Å²) < 4.78 is 0. The van der Waals surface area contributed by atoms with Gasteiger partial charge < -0.3 is 21.3 Å². The second-order valence-electron chi connectivity index (χ2n) is 4.92. The van der Waals surface area contributed by atoms with Gasteiger partial charge in [0.25, 0.3) is 0 Å². The Bertz CT molecular complexity index is 430. The largest absolute Gasteiger partial charge is 0.401 e. The number of fused-ring (bicyclic) bond motifs is 1. The third-order valence-corrected chi connectivity index (χ3v) is 3.17. The Morgan fingerprint density at radius 2 is 2.10 bits per heavy atom. The van der Waals surface area contributed by atoms with E-state index in [4.69, 9.17) is 5.73 Å². The Hall–Kier alpha value is -1.59. The van der Waals surface area contributed by atoms with Crippen LogP contribution in [-0.4, -0.2) is 43.1 Å². The number of nitrogens with two attached hydrogens (primary N) is 1. The van der Waals surface area contributed by atoms with Crippen LogP contribution < -0.4 is 16.4 Å². The molecule has 0 fully saturated rings. The lowest BCUT2D eigenvalue weighted by Gasteiger charge is -2.11. The molecule has 0 atom stereocenters. The summed E-state index contributed by atoms with van der Waals surface area (Å²) in [4.78, 5) is 6.57. The maximum absolute atomic E-state index is 5.43. The topological polar surface area (TPSA) is 66.2 Å². The summed E-state index contributed by atoms with van der Waals surface area (Å²) in [7, 11) is 2.13. The predicted molar refractivity (Wildman–Crippen MR) is 90.2 cm³/mol. The highest BCUT2D eigenvalue weighted by Gasteiger charge is 2.09. The first-order chi connectivity index (χ1) is 10.3. The molecule has 118 valence electrons. The van der Waals surface area contributed by atoms with E-state index in [0.29, 0.717) is 0 Å². The van der Waals surface area contributed by atoms with Gasteiger partial charge >= 0.3 is 0 Å². The zero-order valence-corrected chi connectivity index (χ0v) is 13.5. The van der Waals surface area contributed by atoms with Crippen LogP contribution in [0.2, 0.25) is 0 Å². The molecule has 5 heteroatoms. The van der Waals surface area contributed by atoms with Crippen molar-refractivity contribution < 1.29 is 0 Å². The standard InChI is InChI=1S/C9H13N3.C5H10N2.C2H6/c1-12-6-5-11-9-8(7-12)3-2-4-10-9;6-5-2-1-3-7-4-5;1-2/h2-4H,5-7H2,1H3,(H,10,11);2,7H,1,3-4,6H2;1-2H3. The number of nitrogens with zero attached hydrogens (tertiary/aromatic N) is 2. The van der Waals surface area contributed by atoms with Gasteiger partial charge in [0.1, 0.15) is 5.82 Å². The van der Waals surface area contributed by atoms with Gasteiger partial charge in [0, 0.05) is 43.6 Å². The second kappa shape index (κ2) is 10.2. The van der Waals surface area contributed by atoms with Gasteiger partial charge in [0.15, 0.2) is 0 Å². The first kappa shape index (κ1) is 17.5. The Kier molecular flexibility index (Phi) is 8.47. The molecule has 0 amide bonds. The predicted octanol–water partition coefficient (Wildman–Crippen LogP) is 1.79. The normalized spacial score (nSPS) is 17.6. The van der Waals surface area contributed by atoms with Crippen LogP contribution in [-0.2, 0) is 6.54 Å². The second-order valence-corrected chi connectivity index (χ2v) is 4.92. The maximum Gasteiger partial charge on any atom is 0.130 e. The molecular weight excluding hydrogens is 262 g/mol. The van der Waals surface area contributed by atoms with Gasteiger partial charge in [-0.1, -0.05) is 26.0 Å². The van der Waals surface area contributed by atoms with Gasteiger partial charge in [0.05, 0.1) is 0 Å². The zero-order valence-electron chi connectivity index (χ0n) is 13.5. The Labute approximate surface area is 128 Å². The molecule has 21 heavy (non-hydrogen) atoms. The number of aromatic nitrogens is 1. The van der Waals surface area contributed by atoms with Crippen LogP contribution in [0.3, 0.4) is 0 Å². The Morgan fingerprint density at radius 3 is 2.71 bits per heavy atom. The minimum atomic E-state index is 0.875. The van der Waals surface area contributed by atoms with Crippen molar-refractivity contribution in [1.82, 2.24) is 15.2 Å². The molecule has 1 aromatic heterocycles. The molecule has 5 nitrogen and oxygen atoms in total. The molecule has 3 rings (SSSR count). The molecule has 4 N–H and O–H groups in total. The highest BCUT2D eigenvalue weighted by molar-refractivity contribution is 5.44. The highest BCUT2D eigenvalue weighted by Crippen LogP contribution is 2.15. The first-order valence-electron chi connectivity index (χ1n) is 7.77. The fraction of sp³-hybridized carbons (Fsp3) is 0.562. The minimum absolute atomic E-state index is 0.875. The van der Waals surface area contributed by atoms with Crippen LogP contribution >= 0.6 is 0 Å². The van der Waals surface area contributed by atoms with Gasteiger partial charge in [-0.25, -0.2) is 4.98 Å².